The van der Waals surface area contributed by atoms with E-state index in [9.17, 15) is 9.59 Å². The highest BCUT2D eigenvalue weighted by Crippen LogP contribution is 2.29. The Labute approximate surface area is 114 Å². The first-order valence-electron chi connectivity index (χ1n) is 7.48. The number of amides is 2. The average molecular weight is 265 g/mol. The van der Waals surface area contributed by atoms with Gasteiger partial charge in [0.25, 0.3) is 0 Å². The minimum Gasteiger partial charge on any atom is -0.354 e. The molecule has 0 saturated carbocycles. The van der Waals surface area contributed by atoms with Crippen molar-refractivity contribution in [2.75, 3.05) is 19.6 Å². The van der Waals surface area contributed by atoms with Crippen molar-refractivity contribution in [1.29, 1.82) is 0 Å². The van der Waals surface area contributed by atoms with E-state index < -0.39 is 0 Å². The number of nitrogens with zero attached hydrogens (tertiary/aromatic N) is 1. The summed E-state index contributed by atoms with van der Waals surface area (Å²) < 4.78 is 0. The third-order valence-electron chi connectivity index (χ3n) is 4.89. The molecule has 5 nitrogen and oxygen atoms in total. The van der Waals surface area contributed by atoms with Gasteiger partial charge < -0.3 is 15.5 Å². The van der Waals surface area contributed by atoms with Gasteiger partial charge in [-0.25, -0.2) is 0 Å². The molecular formula is C14H23N3O2. The average Bonchev–Trinajstić information content (AvgIpc) is 2.81. The maximum Gasteiger partial charge on any atom is 0.227 e. The van der Waals surface area contributed by atoms with Gasteiger partial charge in [-0.05, 0) is 32.6 Å². The van der Waals surface area contributed by atoms with E-state index >= 15 is 0 Å². The van der Waals surface area contributed by atoms with Crippen molar-refractivity contribution < 1.29 is 9.59 Å². The van der Waals surface area contributed by atoms with Gasteiger partial charge in [0.15, 0.2) is 0 Å². The van der Waals surface area contributed by atoms with Crippen LogP contribution < -0.4 is 10.6 Å². The van der Waals surface area contributed by atoms with E-state index in [0.29, 0.717) is 12.6 Å². The minimum absolute atomic E-state index is 0.0353. The summed E-state index contributed by atoms with van der Waals surface area (Å²) in [6.07, 6.45) is 3.93. The van der Waals surface area contributed by atoms with Gasteiger partial charge in [0.05, 0.1) is 17.9 Å². The standard InChI is InChI=1S/C14H23N3O2/c1-9-4-5-10(7-15-9)14(19)17-6-2-3-11-12(17)8-16-13(11)18/h9-12,15H,2-8H2,1H3,(H,16,18). The predicted molar refractivity (Wildman–Crippen MR) is 71.4 cm³/mol. The first kappa shape index (κ1) is 12.9. The maximum absolute atomic E-state index is 12.7. The van der Waals surface area contributed by atoms with Gasteiger partial charge in [-0.15, -0.1) is 0 Å². The van der Waals surface area contributed by atoms with Crippen molar-refractivity contribution in [3.63, 3.8) is 0 Å². The molecule has 2 amide bonds. The second-order valence-corrected chi connectivity index (χ2v) is 6.18. The molecule has 2 N–H and O–H groups in total. The number of hydrogen-bond acceptors (Lipinski definition) is 3. The highest BCUT2D eigenvalue weighted by atomic mass is 16.2. The van der Waals surface area contributed by atoms with Crippen molar-refractivity contribution in [2.45, 2.75) is 44.7 Å². The van der Waals surface area contributed by atoms with E-state index in [1.54, 1.807) is 0 Å². The first-order chi connectivity index (χ1) is 9.16. The van der Waals surface area contributed by atoms with Crippen LogP contribution in [0.5, 0.6) is 0 Å². The molecule has 3 rings (SSSR count). The van der Waals surface area contributed by atoms with Gasteiger partial charge in [0.2, 0.25) is 11.8 Å². The fourth-order valence-corrected chi connectivity index (χ4v) is 3.67. The number of carbonyl (C=O) groups excluding carboxylic acids is 2. The quantitative estimate of drug-likeness (QED) is 0.707. The second kappa shape index (κ2) is 5.12. The smallest absolute Gasteiger partial charge is 0.227 e. The topological polar surface area (TPSA) is 61.4 Å². The molecule has 3 saturated heterocycles. The summed E-state index contributed by atoms with van der Waals surface area (Å²) in [6, 6.07) is 0.626. The summed E-state index contributed by atoms with van der Waals surface area (Å²) in [4.78, 5) is 26.4. The Bertz CT molecular complexity index is 377. The van der Waals surface area contributed by atoms with Crippen LogP contribution in [0.3, 0.4) is 0 Å². The molecule has 3 heterocycles. The van der Waals surface area contributed by atoms with E-state index in [2.05, 4.69) is 17.6 Å². The van der Waals surface area contributed by atoms with E-state index in [1.807, 2.05) is 4.90 Å². The number of piperidine rings is 2. The van der Waals surface area contributed by atoms with Crippen LogP contribution in [0.4, 0.5) is 0 Å². The summed E-state index contributed by atoms with van der Waals surface area (Å²) in [5.74, 6) is 0.530. The lowest BCUT2D eigenvalue weighted by atomic mass is 9.88. The summed E-state index contributed by atoms with van der Waals surface area (Å²) >= 11 is 0. The van der Waals surface area contributed by atoms with Gasteiger partial charge in [-0.2, -0.15) is 0 Å². The number of nitrogens with one attached hydrogen (secondary N) is 2. The number of carbonyl (C=O) groups is 2. The van der Waals surface area contributed by atoms with E-state index in [4.69, 9.17) is 0 Å². The van der Waals surface area contributed by atoms with Crippen LogP contribution in [0.25, 0.3) is 0 Å². The molecule has 106 valence electrons. The third-order valence-corrected chi connectivity index (χ3v) is 4.89. The Kier molecular flexibility index (Phi) is 3.48. The van der Waals surface area contributed by atoms with Crippen LogP contribution in [0.15, 0.2) is 0 Å². The molecule has 3 aliphatic heterocycles. The zero-order valence-electron chi connectivity index (χ0n) is 11.5. The van der Waals surface area contributed by atoms with Crippen LogP contribution >= 0.6 is 0 Å². The van der Waals surface area contributed by atoms with Crippen molar-refractivity contribution in [3.05, 3.63) is 0 Å². The Morgan fingerprint density at radius 3 is 2.84 bits per heavy atom. The minimum atomic E-state index is 0.0353. The Morgan fingerprint density at radius 1 is 1.26 bits per heavy atom. The molecule has 3 aliphatic rings. The molecule has 4 atom stereocenters. The molecule has 4 unspecified atom stereocenters. The fraction of sp³-hybridized carbons (Fsp3) is 0.857. The summed E-state index contributed by atoms with van der Waals surface area (Å²) in [5, 5.41) is 6.30. The Hall–Kier alpha value is -1.10. The molecular weight excluding hydrogens is 242 g/mol. The molecule has 0 radical (unpaired) electrons. The van der Waals surface area contributed by atoms with Crippen molar-refractivity contribution in [2.24, 2.45) is 11.8 Å². The van der Waals surface area contributed by atoms with Crippen LogP contribution in [0.2, 0.25) is 0 Å². The predicted octanol–water partition coefficient (Wildman–Crippen LogP) is 0.112. The zero-order valence-corrected chi connectivity index (χ0v) is 11.5. The van der Waals surface area contributed by atoms with Gasteiger partial charge in [-0.3, -0.25) is 9.59 Å². The highest BCUT2D eigenvalue weighted by molar-refractivity contribution is 5.85. The fourth-order valence-electron chi connectivity index (χ4n) is 3.67. The van der Waals surface area contributed by atoms with Crippen LogP contribution in [-0.2, 0) is 9.59 Å². The van der Waals surface area contributed by atoms with E-state index in [0.717, 1.165) is 38.8 Å². The van der Waals surface area contributed by atoms with Crippen molar-refractivity contribution in [3.8, 4) is 0 Å². The number of rotatable bonds is 1. The lowest BCUT2D eigenvalue weighted by Crippen LogP contribution is -2.53. The monoisotopic (exact) mass is 265 g/mol. The Morgan fingerprint density at radius 2 is 2.11 bits per heavy atom. The van der Waals surface area contributed by atoms with Gasteiger partial charge in [0, 0.05) is 25.7 Å². The van der Waals surface area contributed by atoms with Crippen molar-refractivity contribution in [1.82, 2.24) is 15.5 Å². The maximum atomic E-state index is 12.7. The van der Waals surface area contributed by atoms with Crippen LogP contribution in [0, 0.1) is 11.8 Å². The van der Waals surface area contributed by atoms with Crippen molar-refractivity contribution >= 4 is 11.8 Å². The molecule has 0 aromatic carbocycles. The largest absolute Gasteiger partial charge is 0.354 e. The molecule has 0 spiro atoms. The highest BCUT2D eigenvalue weighted by Gasteiger charge is 2.44. The Balaban J connectivity index is 1.67. The van der Waals surface area contributed by atoms with Gasteiger partial charge in [-0.1, -0.05) is 0 Å². The van der Waals surface area contributed by atoms with Crippen LogP contribution in [0.1, 0.15) is 32.6 Å². The summed E-state index contributed by atoms with van der Waals surface area (Å²) in [5.41, 5.74) is 0. The number of fused-ring (bicyclic) bond motifs is 1. The molecule has 19 heavy (non-hydrogen) atoms. The van der Waals surface area contributed by atoms with Crippen LogP contribution in [-0.4, -0.2) is 48.4 Å². The lowest BCUT2D eigenvalue weighted by Gasteiger charge is -2.39. The molecule has 5 heteroatoms. The van der Waals surface area contributed by atoms with E-state index in [1.165, 1.54) is 0 Å². The number of likely N-dealkylation sites (tertiary alicyclic amines) is 1. The molecule has 3 fully saturated rings. The number of hydrogen-bond donors (Lipinski definition) is 2. The zero-order chi connectivity index (χ0) is 13.4. The summed E-state index contributed by atoms with van der Waals surface area (Å²) in [6.45, 7) is 4.42. The van der Waals surface area contributed by atoms with E-state index in [-0.39, 0.29) is 29.7 Å². The molecule has 0 bridgehead atoms. The first-order valence-corrected chi connectivity index (χ1v) is 7.48. The third kappa shape index (κ3) is 2.36. The SMILES string of the molecule is CC1CCC(C(=O)N2CCCC3C(=O)NCC32)CN1. The molecule has 0 aromatic rings. The second-order valence-electron chi connectivity index (χ2n) is 6.18. The normalized spacial score (nSPS) is 38.8. The van der Waals surface area contributed by atoms with Gasteiger partial charge >= 0.3 is 0 Å². The molecule has 0 aromatic heterocycles. The molecule has 0 aliphatic carbocycles. The summed E-state index contributed by atoms with van der Waals surface area (Å²) in [7, 11) is 0. The lowest BCUT2D eigenvalue weighted by molar-refractivity contribution is -0.141. The van der Waals surface area contributed by atoms with Gasteiger partial charge in [0.1, 0.15) is 0 Å².